The van der Waals surface area contributed by atoms with Gasteiger partial charge < -0.3 is 10.4 Å². The molecule has 120 valence electrons. The topological polar surface area (TPSA) is 101 Å². The lowest BCUT2D eigenvalue weighted by Gasteiger charge is -2.10. The number of hydrogen-bond donors (Lipinski definition) is 2. The molecule has 0 heterocycles. The van der Waals surface area contributed by atoms with Crippen LogP contribution < -0.4 is 5.32 Å². The van der Waals surface area contributed by atoms with E-state index in [1.54, 1.807) is 12.1 Å². The molecule has 1 aromatic carbocycles. The number of carboxylic acid groups (broad SMARTS) is 1. The number of amides is 1. The van der Waals surface area contributed by atoms with E-state index in [4.69, 9.17) is 5.11 Å². The minimum absolute atomic E-state index is 0.229. The summed E-state index contributed by atoms with van der Waals surface area (Å²) in [4.78, 5) is 22.4. The maximum absolute atomic E-state index is 12.3. The highest BCUT2D eigenvalue weighted by Crippen LogP contribution is 2.25. The summed E-state index contributed by atoms with van der Waals surface area (Å²) in [6.07, 6.45) is 2.64. The normalized spacial score (nSPS) is 15.1. The average Bonchev–Trinajstić information content (AvgIpc) is 2.92. The molecule has 2 rings (SSSR count). The van der Waals surface area contributed by atoms with Gasteiger partial charge in [-0.2, -0.15) is 0 Å². The van der Waals surface area contributed by atoms with Crippen molar-refractivity contribution in [3.63, 3.8) is 0 Å². The summed E-state index contributed by atoms with van der Waals surface area (Å²) < 4.78 is 24.5. The van der Waals surface area contributed by atoms with Gasteiger partial charge in [0.1, 0.15) is 6.04 Å². The van der Waals surface area contributed by atoms with Gasteiger partial charge in [-0.1, -0.05) is 6.07 Å². The number of carbonyl (C=O) groups is 2. The molecule has 0 unspecified atom stereocenters. The molecule has 1 aliphatic carbocycles. The fraction of sp³-hybridized carbons (Fsp3) is 0.467. The Morgan fingerprint density at radius 2 is 1.95 bits per heavy atom. The molecule has 1 aromatic rings. The highest BCUT2D eigenvalue weighted by Gasteiger charge is 2.21. The summed E-state index contributed by atoms with van der Waals surface area (Å²) in [6, 6.07) is 4.07. The zero-order valence-corrected chi connectivity index (χ0v) is 13.1. The lowest BCUT2D eigenvalue weighted by atomic mass is 10.1. The predicted molar refractivity (Wildman–Crippen MR) is 80.4 cm³/mol. The molecule has 0 saturated heterocycles. The second-order valence-corrected chi connectivity index (χ2v) is 7.59. The number of benzene rings is 1. The molecule has 7 heteroatoms. The number of nitrogens with one attached hydrogen (secondary N) is 1. The van der Waals surface area contributed by atoms with Crippen molar-refractivity contribution in [2.24, 2.45) is 0 Å². The van der Waals surface area contributed by atoms with Gasteiger partial charge in [0.25, 0.3) is 0 Å². The van der Waals surface area contributed by atoms with Crippen LogP contribution in [0.3, 0.4) is 0 Å². The van der Waals surface area contributed by atoms with E-state index in [0.29, 0.717) is 0 Å². The van der Waals surface area contributed by atoms with Gasteiger partial charge in [0.05, 0.1) is 10.6 Å². The van der Waals surface area contributed by atoms with Gasteiger partial charge in [-0.25, -0.2) is 8.42 Å². The average molecular weight is 325 g/mol. The van der Waals surface area contributed by atoms with Crippen LogP contribution in [0.4, 0.5) is 0 Å². The first kappa shape index (κ1) is 16.5. The van der Waals surface area contributed by atoms with E-state index < -0.39 is 27.8 Å². The third-order valence-corrected chi connectivity index (χ3v) is 5.49. The number of hydrogen-bond acceptors (Lipinski definition) is 4. The van der Waals surface area contributed by atoms with Crippen molar-refractivity contribution in [1.29, 1.82) is 0 Å². The molecule has 0 saturated carbocycles. The monoisotopic (exact) mass is 325 g/mol. The zero-order valence-electron chi connectivity index (χ0n) is 12.3. The number of rotatable bonds is 6. The molecule has 22 heavy (non-hydrogen) atoms. The predicted octanol–water partition coefficient (Wildman–Crippen LogP) is 0.928. The largest absolute Gasteiger partial charge is 0.480 e. The van der Waals surface area contributed by atoms with Crippen LogP contribution in [0.15, 0.2) is 23.1 Å². The standard InChI is InChI=1S/C15H19NO5S/c1-10(15(18)19)16-14(17)7-8-22(20,21)13-6-5-11-3-2-4-12(11)9-13/h5-6,9-10H,2-4,7-8H2,1H3,(H,16,17)(H,18,19)/t10-/m1/s1. The van der Waals surface area contributed by atoms with E-state index in [0.717, 1.165) is 24.8 Å². The van der Waals surface area contributed by atoms with Crippen molar-refractivity contribution in [2.75, 3.05) is 5.75 Å². The van der Waals surface area contributed by atoms with Crippen LogP contribution in [-0.4, -0.2) is 37.2 Å². The molecule has 0 radical (unpaired) electrons. The Balaban J connectivity index is 1.99. The summed E-state index contributed by atoms with van der Waals surface area (Å²) in [5, 5.41) is 10.9. The van der Waals surface area contributed by atoms with Crippen LogP contribution >= 0.6 is 0 Å². The third-order valence-electron chi connectivity index (χ3n) is 3.77. The molecule has 0 spiro atoms. The highest BCUT2D eigenvalue weighted by molar-refractivity contribution is 7.91. The van der Waals surface area contributed by atoms with Crippen molar-refractivity contribution in [1.82, 2.24) is 5.32 Å². The lowest BCUT2D eigenvalue weighted by molar-refractivity contribution is -0.141. The number of sulfone groups is 1. The first-order valence-corrected chi connectivity index (χ1v) is 8.81. The van der Waals surface area contributed by atoms with Gasteiger partial charge >= 0.3 is 5.97 Å². The minimum Gasteiger partial charge on any atom is -0.480 e. The molecule has 0 aliphatic heterocycles. The van der Waals surface area contributed by atoms with E-state index in [1.165, 1.54) is 12.5 Å². The van der Waals surface area contributed by atoms with E-state index >= 15 is 0 Å². The molecule has 1 atom stereocenters. The van der Waals surface area contributed by atoms with Crippen LogP contribution in [0.25, 0.3) is 0 Å². The van der Waals surface area contributed by atoms with Crippen LogP contribution in [0, 0.1) is 0 Å². The summed E-state index contributed by atoms with van der Waals surface area (Å²) in [7, 11) is -3.54. The van der Waals surface area contributed by atoms with Gasteiger partial charge in [-0.15, -0.1) is 0 Å². The SMILES string of the molecule is C[C@@H](NC(=O)CCS(=O)(=O)c1ccc2c(c1)CCC2)C(=O)O. The van der Waals surface area contributed by atoms with Gasteiger partial charge in [0.15, 0.2) is 9.84 Å². The molecular formula is C15H19NO5S. The van der Waals surface area contributed by atoms with E-state index in [1.807, 2.05) is 6.07 Å². The Bertz CT molecular complexity index is 696. The first-order valence-electron chi connectivity index (χ1n) is 7.16. The molecule has 1 amide bonds. The van der Waals surface area contributed by atoms with Gasteiger partial charge in [-0.3, -0.25) is 9.59 Å². The lowest BCUT2D eigenvalue weighted by Crippen LogP contribution is -2.38. The van der Waals surface area contributed by atoms with Crippen molar-refractivity contribution < 1.29 is 23.1 Å². The third kappa shape index (κ3) is 3.85. The van der Waals surface area contributed by atoms with Crippen molar-refractivity contribution >= 4 is 21.7 Å². The molecule has 6 nitrogen and oxygen atoms in total. The van der Waals surface area contributed by atoms with Gasteiger partial charge in [0.2, 0.25) is 5.91 Å². The second kappa shape index (κ2) is 6.48. The maximum atomic E-state index is 12.3. The fourth-order valence-electron chi connectivity index (χ4n) is 2.46. The Morgan fingerprint density at radius 3 is 2.64 bits per heavy atom. The summed E-state index contributed by atoms with van der Waals surface area (Å²) in [5.41, 5.74) is 2.25. The van der Waals surface area contributed by atoms with E-state index in [-0.39, 0.29) is 17.1 Å². The quantitative estimate of drug-likeness (QED) is 0.810. The molecule has 1 aliphatic rings. The Hall–Kier alpha value is -1.89. The van der Waals surface area contributed by atoms with Crippen LogP contribution in [0.5, 0.6) is 0 Å². The number of fused-ring (bicyclic) bond motifs is 1. The smallest absolute Gasteiger partial charge is 0.325 e. The maximum Gasteiger partial charge on any atom is 0.325 e. The molecule has 0 bridgehead atoms. The number of aliphatic carboxylic acids is 1. The summed E-state index contributed by atoms with van der Waals surface area (Å²) in [6.45, 7) is 1.33. The van der Waals surface area contributed by atoms with Crippen molar-refractivity contribution in [2.45, 2.75) is 43.5 Å². The Labute approximate surface area is 129 Å². The second-order valence-electron chi connectivity index (χ2n) is 5.48. The molecule has 0 fully saturated rings. The van der Waals surface area contributed by atoms with Crippen LogP contribution in [-0.2, 0) is 32.3 Å². The minimum atomic E-state index is -3.54. The Morgan fingerprint density at radius 1 is 1.27 bits per heavy atom. The van der Waals surface area contributed by atoms with Gasteiger partial charge in [0, 0.05) is 6.42 Å². The number of carbonyl (C=O) groups excluding carboxylic acids is 1. The van der Waals surface area contributed by atoms with Crippen LogP contribution in [0.2, 0.25) is 0 Å². The van der Waals surface area contributed by atoms with Crippen LogP contribution in [0.1, 0.15) is 30.9 Å². The molecular weight excluding hydrogens is 306 g/mol. The van der Waals surface area contributed by atoms with E-state index in [9.17, 15) is 18.0 Å². The zero-order chi connectivity index (χ0) is 16.3. The first-order chi connectivity index (χ1) is 10.3. The van der Waals surface area contributed by atoms with Gasteiger partial charge in [-0.05, 0) is 49.4 Å². The van der Waals surface area contributed by atoms with E-state index in [2.05, 4.69) is 5.32 Å². The number of aryl methyl sites for hydroxylation is 2. The Kier molecular flexibility index (Phi) is 4.85. The fourth-order valence-corrected chi connectivity index (χ4v) is 3.75. The summed E-state index contributed by atoms with van der Waals surface area (Å²) in [5.74, 6) is -2.07. The van der Waals surface area contributed by atoms with Crippen molar-refractivity contribution in [3.05, 3.63) is 29.3 Å². The molecule has 0 aromatic heterocycles. The highest BCUT2D eigenvalue weighted by atomic mass is 32.2. The summed E-state index contributed by atoms with van der Waals surface area (Å²) >= 11 is 0. The van der Waals surface area contributed by atoms with Crippen molar-refractivity contribution in [3.8, 4) is 0 Å². The number of carboxylic acids is 1. The molecule has 2 N–H and O–H groups in total.